The van der Waals surface area contributed by atoms with Crippen LogP contribution in [-0.4, -0.2) is 18.3 Å². The number of hydrogen-bond acceptors (Lipinski definition) is 2. The Labute approximate surface area is 117 Å². The first-order valence-electron chi connectivity index (χ1n) is 7.53. The van der Waals surface area contributed by atoms with Crippen LogP contribution in [0.5, 0.6) is 0 Å². The lowest BCUT2D eigenvalue weighted by Crippen LogP contribution is -2.24. The molecular formula is C17H27NO. The van der Waals surface area contributed by atoms with Gasteiger partial charge in [-0.15, -0.1) is 0 Å². The van der Waals surface area contributed by atoms with Crippen molar-refractivity contribution in [2.24, 2.45) is 11.3 Å². The maximum atomic E-state index is 9.03. The van der Waals surface area contributed by atoms with E-state index in [-0.39, 0.29) is 0 Å². The van der Waals surface area contributed by atoms with Gasteiger partial charge in [0.2, 0.25) is 0 Å². The van der Waals surface area contributed by atoms with Crippen molar-refractivity contribution in [1.82, 2.24) is 5.32 Å². The van der Waals surface area contributed by atoms with Gasteiger partial charge in [0.05, 0.1) is 0 Å². The number of aliphatic hydroxyl groups is 1. The molecule has 0 heterocycles. The average molecular weight is 261 g/mol. The quantitative estimate of drug-likeness (QED) is 0.753. The molecule has 19 heavy (non-hydrogen) atoms. The molecule has 106 valence electrons. The number of hydrogen-bond donors (Lipinski definition) is 2. The molecule has 0 aliphatic heterocycles. The fraction of sp³-hybridized carbons (Fsp3) is 0.647. The van der Waals surface area contributed by atoms with Crippen molar-refractivity contribution >= 4 is 0 Å². The second kappa shape index (κ2) is 6.53. The van der Waals surface area contributed by atoms with E-state index in [1.165, 1.54) is 24.0 Å². The van der Waals surface area contributed by atoms with Gasteiger partial charge in [-0.25, -0.2) is 0 Å². The van der Waals surface area contributed by atoms with E-state index in [1.807, 2.05) is 0 Å². The van der Waals surface area contributed by atoms with Crippen molar-refractivity contribution < 1.29 is 5.11 Å². The fourth-order valence-electron chi connectivity index (χ4n) is 2.67. The summed E-state index contributed by atoms with van der Waals surface area (Å²) in [6.45, 7) is 6.82. The molecule has 1 fully saturated rings. The third-order valence-corrected chi connectivity index (χ3v) is 4.10. The Morgan fingerprint density at radius 2 is 1.79 bits per heavy atom. The van der Waals surface area contributed by atoms with E-state index in [0.717, 1.165) is 31.8 Å². The fourth-order valence-corrected chi connectivity index (χ4v) is 2.67. The maximum Gasteiger partial charge on any atom is 0.0436 e. The van der Waals surface area contributed by atoms with E-state index in [2.05, 4.69) is 43.4 Å². The first-order chi connectivity index (χ1) is 9.13. The number of aliphatic hydroxyl groups excluding tert-OH is 1. The van der Waals surface area contributed by atoms with E-state index < -0.39 is 0 Å². The molecule has 0 unspecified atom stereocenters. The Hall–Kier alpha value is -0.860. The summed E-state index contributed by atoms with van der Waals surface area (Å²) in [6, 6.07) is 8.96. The third-order valence-electron chi connectivity index (χ3n) is 4.10. The molecule has 0 spiro atoms. The number of rotatable bonds is 8. The van der Waals surface area contributed by atoms with Crippen LogP contribution < -0.4 is 5.32 Å². The Morgan fingerprint density at radius 3 is 2.32 bits per heavy atom. The van der Waals surface area contributed by atoms with Gasteiger partial charge in [0.15, 0.2) is 0 Å². The minimum atomic E-state index is 0.325. The molecule has 1 saturated carbocycles. The summed E-state index contributed by atoms with van der Waals surface area (Å²) >= 11 is 0. The highest BCUT2D eigenvalue weighted by atomic mass is 16.3. The molecule has 0 saturated heterocycles. The largest absolute Gasteiger partial charge is 0.396 e. The Bertz CT molecular complexity index is 379. The Balaban J connectivity index is 1.74. The molecule has 1 aliphatic rings. The molecule has 0 aromatic heterocycles. The predicted octanol–water partition coefficient (Wildman–Crippen LogP) is 3.14. The van der Waals surface area contributed by atoms with Crippen LogP contribution in [0.25, 0.3) is 0 Å². The third kappa shape index (κ3) is 4.63. The van der Waals surface area contributed by atoms with E-state index in [9.17, 15) is 0 Å². The van der Waals surface area contributed by atoms with Crippen LogP contribution in [0.15, 0.2) is 24.3 Å². The van der Waals surface area contributed by atoms with E-state index in [0.29, 0.717) is 12.0 Å². The summed E-state index contributed by atoms with van der Waals surface area (Å²) in [7, 11) is 0. The van der Waals surface area contributed by atoms with Crippen LogP contribution in [0.3, 0.4) is 0 Å². The van der Waals surface area contributed by atoms with Gasteiger partial charge < -0.3 is 10.4 Å². The summed E-state index contributed by atoms with van der Waals surface area (Å²) < 4.78 is 0. The summed E-state index contributed by atoms with van der Waals surface area (Å²) in [5.74, 6) is 0.720. The number of nitrogens with one attached hydrogen (secondary N) is 1. The van der Waals surface area contributed by atoms with Gasteiger partial charge in [0, 0.05) is 19.7 Å². The molecule has 2 nitrogen and oxygen atoms in total. The zero-order valence-electron chi connectivity index (χ0n) is 12.3. The van der Waals surface area contributed by atoms with Crippen LogP contribution in [0, 0.1) is 11.3 Å². The van der Waals surface area contributed by atoms with Crippen molar-refractivity contribution in [3.63, 3.8) is 0 Å². The highest BCUT2D eigenvalue weighted by Gasteiger charge is 2.41. The van der Waals surface area contributed by atoms with Crippen LogP contribution in [0.4, 0.5) is 0 Å². The van der Waals surface area contributed by atoms with Gasteiger partial charge in [-0.05, 0) is 48.1 Å². The van der Waals surface area contributed by atoms with E-state index >= 15 is 0 Å². The van der Waals surface area contributed by atoms with Crippen LogP contribution in [-0.2, 0) is 13.0 Å². The van der Waals surface area contributed by atoms with Gasteiger partial charge in [-0.2, -0.15) is 0 Å². The van der Waals surface area contributed by atoms with Crippen molar-refractivity contribution in [3.05, 3.63) is 35.4 Å². The molecule has 2 rings (SSSR count). The average Bonchev–Trinajstić information content (AvgIpc) is 3.11. The van der Waals surface area contributed by atoms with Crippen molar-refractivity contribution in [2.45, 2.75) is 46.1 Å². The van der Waals surface area contributed by atoms with Gasteiger partial charge in [0.25, 0.3) is 0 Å². The second-order valence-electron chi connectivity index (χ2n) is 6.49. The van der Waals surface area contributed by atoms with Crippen LogP contribution in [0.2, 0.25) is 0 Å². The molecule has 1 aromatic carbocycles. The Morgan fingerprint density at radius 1 is 1.16 bits per heavy atom. The van der Waals surface area contributed by atoms with Crippen molar-refractivity contribution in [3.8, 4) is 0 Å². The van der Waals surface area contributed by atoms with Crippen molar-refractivity contribution in [1.29, 1.82) is 0 Å². The van der Waals surface area contributed by atoms with Gasteiger partial charge in [-0.1, -0.05) is 38.1 Å². The SMILES string of the molecule is CC(C)Cc1ccc(CNCC2(CCO)CC2)cc1. The smallest absolute Gasteiger partial charge is 0.0436 e. The van der Waals surface area contributed by atoms with Crippen molar-refractivity contribution in [2.75, 3.05) is 13.2 Å². The van der Waals surface area contributed by atoms with Crippen LogP contribution >= 0.6 is 0 Å². The molecule has 2 heteroatoms. The highest BCUT2D eigenvalue weighted by Crippen LogP contribution is 2.47. The zero-order valence-corrected chi connectivity index (χ0v) is 12.3. The van der Waals surface area contributed by atoms with E-state index in [4.69, 9.17) is 5.11 Å². The summed E-state index contributed by atoms with van der Waals surface area (Å²) in [4.78, 5) is 0. The molecule has 1 aliphatic carbocycles. The standard InChI is InChI=1S/C17H27NO/c1-14(2)11-15-3-5-16(6-4-15)12-18-13-17(7-8-17)9-10-19/h3-6,14,18-19H,7-13H2,1-2H3. The first kappa shape index (κ1) is 14.5. The monoisotopic (exact) mass is 261 g/mol. The minimum absolute atomic E-state index is 0.325. The summed E-state index contributed by atoms with van der Waals surface area (Å²) in [5.41, 5.74) is 3.19. The molecule has 0 bridgehead atoms. The molecule has 0 radical (unpaired) electrons. The molecule has 0 amide bonds. The van der Waals surface area contributed by atoms with Gasteiger partial charge in [0.1, 0.15) is 0 Å². The highest BCUT2D eigenvalue weighted by molar-refractivity contribution is 5.22. The zero-order chi connectivity index (χ0) is 13.7. The molecule has 0 atom stereocenters. The normalized spacial score (nSPS) is 16.8. The summed E-state index contributed by atoms with van der Waals surface area (Å²) in [6.07, 6.45) is 4.66. The lowest BCUT2D eigenvalue weighted by molar-refractivity contribution is 0.245. The lowest BCUT2D eigenvalue weighted by atomic mass is 10.0. The lowest BCUT2D eigenvalue weighted by Gasteiger charge is -2.14. The number of benzene rings is 1. The predicted molar refractivity (Wildman–Crippen MR) is 80.1 cm³/mol. The molecular weight excluding hydrogens is 234 g/mol. The maximum absolute atomic E-state index is 9.03. The Kier molecular flexibility index (Phi) is 5.00. The molecule has 1 aromatic rings. The van der Waals surface area contributed by atoms with E-state index in [1.54, 1.807) is 0 Å². The minimum Gasteiger partial charge on any atom is -0.396 e. The van der Waals surface area contributed by atoms with Gasteiger partial charge >= 0.3 is 0 Å². The topological polar surface area (TPSA) is 32.3 Å². The molecule has 2 N–H and O–H groups in total. The van der Waals surface area contributed by atoms with Crippen LogP contribution in [0.1, 0.15) is 44.2 Å². The second-order valence-corrected chi connectivity index (χ2v) is 6.49. The van der Waals surface area contributed by atoms with Gasteiger partial charge in [-0.3, -0.25) is 0 Å². The summed E-state index contributed by atoms with van der Waals surface area (Å²) in [5, 5.41) is 12.6. The first-order valence-corrected chi connectivity index (χ1v) is 7.53.